The first-order valence-corrected chi connectivity index (χ1v) is 6.73. The molecule has 1 amide bonds. The van der Waals surface area contributed by atoms with E-state index in [1.807, 2.05) is 0 Å². The molecule has 102 valence electrons. The van der Waals surface area contributed by atoms with E-state index in [1.165, 1.54) is 6.92 Å². The number of benzene rings is 1. The lowest BCUT2D eigenvalue weighted by Crippen LogP contribution is -2.52. The SMILES string of the molecule is CC(=O)c1ccc(NC(=O)C2(N)CCCCC2)cc1. The average Bonchev–Trinajstić information content (AvgIpc) is 2.40. The van der Waals surface area contributed by atoms with Crippen molar-refractivity contribution in [3.8, 4) is 0 Å². The van der Waals surface area contributed by atoms with Gasteiger partial charge in [0.1, 0.15) is 0 Å². The van der Waals surface area contributed by atoms with Crippen molar-refractivity contribution in [1.29, 1.82) is 0 Å². The Balaban J connectivity index is 2.04. The zero-order chi connectivity index (χ0) is 13.9. The number of anilines is 1. The van der Waals surface area contributed by atoms with Crippen LogP contribution in [0, 0.1) is 0 Å². The molecule has 1 aliphatic carbocycles. The van der Waals surface area contributed by atoms with E-state index in [0.29, 0.717) is 11.3 Å². The van der Waals surface area contributed by atoms with Crippen LogP contribution in [-0.4, -0.2) is 17.2 Å². The number of hydrogen-bond acceptors (Lipinski definition) is 3. The molecule has 19 heavy (non-hydrogen) atoms. The molecule has 3 N–H and O–H groups in total. The van der Waals surface area contributed by atoms with Crippen molar-refractivity contribution in [2.45, 2.75) is 44.6 Å². The summed E-state index contributed by atoms with van der Waals surface area (Å²) in [6.45, 7) is 1.52. The molecule has 0 atom stereocenters. The molecule has 0 heterocycles. The highest BCUT2D eigenvalue weighted by Crippen LogP contribution is 2.27. The smallest absolute Gasteiger partial charge is 0.244 e. The summed E-state index contributed by atoms with van der Waals surface area (Å²) in [5, 5.41) is 2.84. The molecule has 0 saturated heterocycles. The van der Waals surface area contributed by atoms with Crippen LogP contribution >= 0.6 is 0 Å². The van der Waals surface area contributed by atoms with Gasteiger partial charge in [0.05, 0.1) is 5.54 Å². The number of hydrogen-bond donors (Lipinski definition) is 2. The maximum absolute atomic E-state index is 12.2. The van der Waals surface area contributed by atoms with Crippen molar-refractivity contribution in [1.82, 2.24) is 0 Å². The van der Waals surface area contributed by atoms with Gasteiger partial charge in [-0.15, -0.1) is 0 Å². The van der Waals surface area contributed by atoms with Gasteiger partial charge in [0.25, 0.3) is 0 Å². The van der Waals surface area contributed by atoms with Crippen LogP contribution in [0.1, 0.15) is 49.4 Å². The molecule has 0 aromatic heterocycles. The van der Waals surface area contributed by atoms with Gasteiger partial charge in [0.2, 0.25) is 5.91 Å². The fraction of sp³-hybridized carbons (Fsp3) is 0.467. The largest absolute Gasteiger partial charge is 0.324 e. The Labute approximate surface area is 113 Å². The zero-order valence-electron chi connectivity index (χ0n) is 11.2. The van der Waals surface area contributed by atoms with Crippen LogP contribution in [0.3, 0.4) is 0 Å². The van der Waals surface area contributed by atoms with Crippen LogP contribution in [0.15, 0.2) is 24.3 Å². The number of nitrogens with one attached hydrogen (secondary N) is 1. The molecule has 0 unspecified atom stereocenters. The van der Waals surface area contributed by atoms with Gasteiger partial charge in [-0.1, -0.05) is 19.3 Å². The van der Waals surface area contributed by atoms with E-state index < -0.39 is 5.54 Å². The molecule has 0 bridgehead atoms. The standard InChI is InChI=1S/C15H20N2O2/c1-11(18)12-5-7-13(8-6-12)17-14(19)15(16)9-3-2-4-10-15/h5-8H,2-4,9-10,16H2,1H3,(H,17,19). The fourth-order valence-corrected chi connectivity index (χ4v) is 2.45. The molecule has 2 rings (SSSR count). The van der Waals surface area contributed by atoms with E-state index in [1.54, 1.807) is 24.3 Å². The Hall–Kier alpha value is -1.68. The zero-order valence-corrected chi connectivity index (χ0v) is 11.2. The monoisotopic (exact) mass is 260 g/mol. The summed E-state index contributed by atoms with van der Waals surface area (Å²) in [6, 6.07) is 6.89. The van der Waals surface area contributed by atoms with Gasteiger partial charge < -0.3 is 11.1 Å². The maximum atomic E-state index is 12.2. The topological polar surface area (TPSA) is 72.2 Å². The first-order valence-electron chi connectivity index (χ1n) is 6.73. The number of rotatable bonds is 3. The molecule has 1 saturated carbocycles. The third-order valence-corrected chi connectivity index (χ3v) is 3.75. The van der Waals surface area contributed by atoms with E-state index in [-0.39, 0.29) is 11.7 Å². The molecule has 1 fully saturated rings. The highest BCUT2D eigenvalue weighted by Gasteiger charge is 2.35. The molecular formula is C15H20N2O2. The quantitative estimate of drug-likeness (QED) is 0.820. The van der Waals surface area contributed by atoms with E-state index >= 15 is 0 Å². The van der Waals surface area contributed by atoms with Crippen LogP contribution in [0.2, 0.25) is 0 Å². The predicted molar refractivity (Wildman–Crippen MR) is 75.1 cm³/mol. The van der Waals surface area contributed by atoms with Crippen molar-refractivity contribution in [3.05, 3.63) is 29.8 Å². The number of Topliss-reactive ketones (excluding diaryl/α,β-unsaturated/α-hetero) is 1. The van der Waals surface area contributed by atoms with Crippen LogP contribution in [-0.2, 0) is 4.79 Å². The lowest BCUT2D eigenvalue weighted by atomic mass is 9.82. The Kier molecular flexibility index (Phi) is 4.00. The Morgan fingerprint density at radius 2 is 1.68 bits per heavy atom. The molecule has 4 nitrogen and oxygen atoms in total. The van der Waals surface area contributed by atoms with E-state index in [9.17, 15) is 9.59 Å². The summed E-state index contributed by atoms with van der Waals surface area (Å²) in [6.07, 6.45) is 4.65. The van der Waals surface area contributed by atoms with Gasteiger partial charge in [0.15, 0.2) is 5.78 Å². The number of ketones is 1. The van der Waals surface area contributed by atoms with Crippen molar-refractivity contribution in [2.75, 3.05) is 5.32 Å². The maximum Gasteiger partial charge on any atom is 0.244 e. The van der Waals surface area contributed by atoms with Gasteiger partial charge in [-0.05, 0) is 44.0 Å². The molecule has 4 heteroatoms. The number of carbonyl (C=O) groups excluding carboxylic acids is 2. The second kappa shape index (κ2) is 5.53. The van der Waals surface area contributed by atoms with Gasteiger partial charge in [-0.25, -0.2) is 0 Å². The van der Waals surface area contributed by atoms with E-state index in [2.05, 4.69) is 5.32 Å². The number of amides is 1. The minimum Gasteiger partial charge on any atom is -0.324 e. The lowest BCUT2D eigenvalue weighted by molar-refractivity contribution is -0.122. The molecule has 0 radical (unpaired) electrons. The van der Waals surface area contributed by atoms with Crippen LogP contribution in [0.25, 0.3) is 0 Å². The molecule has 0 spiro atoms. The van der Waals surface area contributed by atoms with Crippen LogP contribution in [0.5, 0.6) is 0 Å². The highest BCUT2D eigenvalue weighted by molar-refractivity contribution is 5.99. The summed E-state index contributed by atoms with van der Waals surface area (Å²) < 4.78 is 0. The molecule has 1 aliphatic rings. The third kappa shape index (κ3) is 3.20. The minimum atomic E-state index is -0.739. The highest BCUT2D eigenvalue weighted by atomic mass is 16.2. The van der Waals surface area contributed by atoms with Crippen molar-refractivity contribution >= 4 is 17.4 Å². The summed E-state index contributed by atoms with van der Waals surface area (Å²) in [5.41, 5.74) is 6.75. The number of nitrogens with two attached hydrogens (primary N) is 1. The molecule has 0 aliphatic heterocycles. The first kappa shape index (κ1) is 13.7. The number of carbonyl (C=O) groups is 2. The lowest BCUT2D eigenvalue weighted by Gasteiger charge is -2.31. The van der Waals surface area contributed by atoms with Crippen LogP contribution in [0.4, 0.5) is 5.69 Å². The second-order valence-corrected chi connectivity index (χ2v) is 5.30. The van der Waals surface area contributed by atoms with Crippen LogP contribution < -0.4 is 11.1 Å². The minimum absolute atomic E-state index is 0.0143. The first-order chi connectivity index (χ1) is 9.01. The van der Waals surface area contributed by atoms with Gasteiger partial charge >= 0.3 is 0 Å². The van der Waals surface area contributed by atoms with Crippen molar-refractivity contribution in [3.63, 3.8) is 0 Å². The average molecular weight is 260 g/mol. The fourth-order valence-electron chi connectivity index (χ4n) is 2.45. The van der Waals surface area contributed by atoms with Crippen molar-refractivity contribution in [2.24, 2.45) is 5.73 Å². The van der Waals surface area contributed by atoms with Gasteiger partial charge in [-0.2, -0.15) is 0 Å². The summed E-state index contributed by atoms with van der Waals surface area (Å²) in [4.78, 5) is 23.4. The Bertz CT molecular complexity index is 473. The molecule has 1 aromatic carbocycles. The summed E-state index contributed by atoms with van der Waals surface area (Å²) in [7, 11) is 0. The van der Waals surface area contributed by atoms with E-state index in [4.69, 9.17) is 5.73 Å². The van der Waals surface area contributed by atoms with E-state index in [0.717, 1.165) is 32.1 Å². The Morgan fingerprint density at radius 3 is 2.21 bits per heavy atom. The Morgan fingerprint density at radius 1 is 1.11 bits per heavy atom. The summed E-state index contributed by atoms with van der Waals surface area (Å²) >= 11 is 0. The predicted octanol–water partition coefficient (Wildman–Crippen LogP) is 2.49. The third-order valence-electron chi connectivity index (χ3n) is 3.75. The second-order valence-electron chi connectivity index (χ2n) is 5.30. The van der Waals surface area contributed by atoms with Gasteiger partial charge in [0, 0.05) is 11.3 Å². The van der Waals surface area contributed by atoms with Crippen molar-refractivity contribution < 1.29 is 9.59 Å². The summed E-state index contributed by atoms with van der Waals surface area (Å²) in [5.74, 6) is -0.108. The van der Waals surface area contributed by atoms with Gasteiger partial charge in [-0.3, -0.25) is 9.59 Å². The molecular weight excluding hydrogens is 240 g/mol. The molecule has 1 aromatic rings. The normalized spacial score (nSPS) is 17.8.